The van der Waals surface area contributed by atoms with Crippen LogP contribution >= 0.6 is 11.8 Å². The van der Waals surface area contributed by atoms with Crippen molar-refractivity contribution < 1.29 is 14.8 Å². The van der Waals surface area contributed by atoms with Crippen LogP contribution in [0.2, 0.25) is 0 Å². The summed E-state index contributed by atoms with van der Waals surface area (Å²) >= 11 is 1.29. The van der Waals surface area contributed by atoms with Crippen molar-refractivity contribution in [3.05, 3.63) is 58.1 Å². The summed E-state index contributed by atoms with van der Waals surface area (Å²) in [4.78, 5) is 15.2. The molecule has 0 fully saturated rings. The summed E-state index contributed by atoms with van der Waals surface area (Å²) in [6, 6.07) is 10.8. The fraction of sp³-hybridized carbons (Fsp3) is 0.118. The first kappa shape index (κ1) is 17.0. The lowest BCUT2D eigenvalue weighted by atomic mass is 10.1. The molecule has 27 heavy (non-hydrogen) atoms. The highest BCUT2D eigenvalue weighted by Crippen LogP contribution is 2.41. The van der Waals surface area contributed by atoms with Crippen molar-refractivity contribution in [2.75, 3.05) is 11.6 Å². The first-order chi connectivity index (χ1) is 13.1. The number of aromatic nitrogens is 3. The van der Waals surface area contributed by atoms with E-state index in [1.165, 1.54) is 23.9 Å². The van der Waals surface area contributed by atoms with Crippen LogP contribution in [0.4, 0.5) is 11.4 Å². The highest BCUT2D eigenvalue weighted by Gasteiger charge is 2.30. The molecule has 9 nitrogen and oxygen atoms in total. The van der Waals surface area contributed by atoms with E-state index in [9.17, 15) is 15.2 Å². The summed E-state index contributed by atoms with van der Waals surface area (Å²) in [6.07, 6.45) is 0.809. The maximum atomic E-state index is 11.8. The maximum Gasteiger partial charge on any atom is 0.278 e. The Kier molecular flexibility index (Phi) is 4.24. The van der Waals surface area contributed by atoms with Gasteiger partial charge in [-0.3, -0.25) is 10.1 Å². The van der Waals surface area contributed by atoms with Crippen molar-refractivity contribution in [1.82, 2.24) is 15.2 Å². The summed E-state index contributed by atoms with van der Waals surface area (Å²) in [5.41, 5.74) is 1.64. The number of nitrogens with zero attached hydrogens (tertiary/aromatic N) is 4. The van der Waals surface area contributed by atoms with Gasteiger partial charge in [-0.05, 0) is 12.3 Å². The molecule has 0 radical (unpaired) electrons. The number of nitrogens with one attached hydrogen (secondary N) is 1. The third-order valence-corrected chi connectivity index (χ3v) is 4.53. The number of anilines is 1. The normalized spacial score (nSPS) is 14.9. The van der Waals surface area contributed by atoms with E-state index in [2.05, 4.69) is 20.5 Å². The lowest BCUT2D eigenvalue weighted by molar-refractivity contribution is -0.386. The minimum atomic E-state index is -0.992. The Labute approximate surface area is 157 Å². The topological polar surface area (TPSA) is 126 Å². The van der Waals surface area contributed by atoms with E-state index in [4.69, 9.17) is 4.74 Å². The smallest absolute Gasteiger partial charge is 0.278 e. The summed E-state index contributed by atoms with van der Waals surface area (Å²) in [6.45, 7) is 0. The monoisotopic (exact) mass is 382 g/mol. The van der Waals surface area contributed by atoms with Crippen LogP contribution in [-0.4, -0.2) is 26.4 Å². The zero-order valence-electron chi connectivity index (χ0n) is 13.9. The molecule has 0 spiro atoms. The average molecular weight is 382 g/mol. The largest absolute Gasteiger partial charge is 0.872 e. The second kappa shape index (κ2) is 6.72. The molecule has 0 saturated carbocycles. The SMILES string of the molecule is CSc1nnc2c(n1)O[C@@H](c1cc([O-])ccc1[N+](=O)[O-])Nc1ccccc1-2. The number of para-hydroxylation sites is 1. The zero-order chi connectivity index (χ0) is 19.0. The molecule has 3 aromatic rings. The van der Waals surface area contributed by atoms with Gasteiger partial charge >= 0.3 is 0 Å². The van der Waals surface area contributed by atoms with Crippen LogP contribution < -0.4 is 15.2 Å². The second-order valence-electron chi connectivity index (χ2n) is 5.62. The van der Waals surface area contributed by atoms with Gasteiger partial charge in [0.1, 0.15) is 0 Å². The van der Waals surface area contributed by atoms with Crippen molar-refractivity contribution in [3.63, 3.8) is 0 Å². The van der Waals surface area contributed by atoms with E-state index in [-0.39, 0.29) is 22.9 Å². The summed E-state index contributed by atoms with van der Waals surface area (Å²) < 4.78 is 5.93. The minimum absolute atomic E-state index is 0.111. The number of hydrogen-bond acceptors (Lipinski definition) is 9. The van der Waals surface area contributed by atoms with E-state index < -0.39 is 11.2 Å². The van der Waals surface area contributed by atoms with Crippen molar-refractivity contribution in [1.29, 1.82) is 0 Å². The third-order valence-electron chi connectivity index (χ3n) is 3.99. The van der Waals surface area contributed by atoms with Crippen molar-refractivity contribution in [3.8, 4) is 22.9 Å². The molecule has 0 saturated heterocycles. The number of fused-ring (bicyclic) bond motifs is 3. The van der Waals surface area contributed by atoms with E-state index in [0.717, 1.165) is 6.07 Å². The summed E-state index contributed by atoms with van der Waals surface area (Å²) in [5.74, 6) is -0.174. The lowest BCUT2D eigenvalue weighted by Crippen LogP contribution is -2.19. The van der Waals surface area contributed by atoms with Gasteiger partial charge in [0.15, 0.2) is 5.69 Å². The predicted octanol–water partition coefficient (Wildman–Crippen LogP) is 2.75. The molecule has 4 rings (SSSR count). The number of ether oxygens (including phenoxy) is 1. The Bertz CT molecular complexity index is 1050. The molecule has 0 bridgehead atoms. The lowest BCUT2D eigenvalue weighted by Gasteiger charge is -2.20. The van der Waals surface area contributed by atoms with Gasteiger partial charge in [0.2, 0.25) is 17.3 Å². The van der Waals surface area contributed by atoms with Crippen LogP contribution in [0.25, 0.3) is 11.3 Å². The van der Waals surface area contributed by atoms with Crippen LogP contribution in [0.15, 0.2) is 47.6 Å². The molecular weight excluding hydrogens is 370 g/mol. The number of hydrogen-bond donors (Lipinski definition) is 1. The molecule has 10 heteroatoms. The molecule has 0 unspecified atom stereocenters. The fourth-order valence-corrected chi connectivity index (χ4v) is 3.08. The number of benzene rings is 2. The van der Waals surface area contributed by atoms with Gasteiger partial charge in [-0.1, -0.05) is 42.1 Å². The van der Waals surface area contributed by atoms with Crippen molar-refractivity contribution >= 4 is 23.1 Å². The quantitative estimate of drug-likeness (QED) is 0.413. The predicted molar refractivity (Wildman–Crippen MR) is 96.6 cm³/mol. The van der Waals surface area contributed by atoms with Crippen molar-refractivity contribution in [2.45, 2.75) is 11.4 Å². The number of nitro benzene ring substituents is 1. The van der Waals surface area contributed by atoms with Gasteiger partial charge in [0.25, 0.3) is 5.69 Å². The number of nitro groups is 1. The Morgan fingerprint density at radius 1 is 1.22 bits per heavy atom. The molecule has 2 heterocycles. The molecule has 1 aromatic heterocycles. The first-order valence-electron chi connectivity index (χ1n) is 7.83. The Morgan fingerprint density at radius 3 is 2.81 bits per heavy atom. The van der Waals surface area contributed by atoms with E-state index in [1.807, 2.05) is 18.2 Å². The van der Waals surface area contributed by atoms with Gasteiger partial charge in [-0.2, -0.15) is 4.98 Å². The van der Waals surface area contributed by atoms with Gasteiger partial charge in [0, 0.05) is 17.3 Å². The molecule has 1 atom stereocenters. The molecule has 0 aliphatic carbocycles. The van der Waals surface area contributed by atoms with Gasteiger partial charge in [0.05, 0.1) is 10.5 Å². The highest BCUT2D eigenvalue weighted by molar-refractivity contribution is 7.98. The molecule has 136 valence electrons. The first-order valence-corrected chi connectivity index (χ1v) is 9.06. The van der Waals surface area contributed by atoms with Crippen LogP contribution in [-0.2, 0) is 0 Å². The van der Waals surface area contributed by atoms with E-state index >= 15 is 0 Å². The van der Waals surface area contributed by atoms with Gasteiger partial charge in [-0.25, -0.2) is 0 Å². The fourth-order valence-electron chi connectivity index (χ4n) is 2.78. The molecule has 2 aromatic carbocycles. The molecule has 0 amide bonds. The van der Waals surface area contributed by atoms with Crippen LogP contribution in [0.5, 0.6) is 11.6 Å². The standard InChI is InChI=1S/C17H13N5O4S/c1-27-17-19-16-14(20-21-17)10-4-2-3-5-12(10)18-15(26-16)11-8-9(23)6-7-13(11)22(24)25/h2-8,15,18,23H,1H3/p-1/t15-/m0/s1. The summed E-state index contributed by atoms with van der Waals surface area (Å²) in [5, 5.41) is 35.0. The van der Waals surface area contributed by atoms with Crippen molar-refractivity contribution in [2.24, 2.45) is 0 Å². The van der Waals surface area contributed by atoms with E-state index in [0.29, 0.717) is 22.1 Å². The average Bonchev–Trinajstić information content (AvgIpc) is 2.83. The zero-order valence-corrected chi connectivity index (χ0v) is 14.8. The minimum Gasteiger partial charge on any atom is -0.872 e. The van der Waals surface area contributed by atoms with Crippen LogP contribution in [0.1, 0.15) is 11.8 Å². The number of rotatable bonds is 3. The third kappa shape index (κ3) is 3.10. The molecule has 1 aliphatic rings. The summed E-state index contributed by atoms with van der Waals surface area (Å²) in [7, 11) is 0. The Morgan fingerprint density at radius 2 is 2.04 bits per heavy atom. The number of thioether (sulfide) groups is 1. The van der Waals surface area contributed by atoms with Gasteiger partial charge < -0.3 is 15.2 Å². The molecule has 1 aliphatic heterocycles. The second-order valence-corrected chi connectivity index (χ2v) is 6.39. The van der Waals surface area contributed by atoms with E-state index in [1.54, 1.807) is 12.3 Å². The van der Waals surface area contributed by atoms with Gasteiger partial charge in [-0.15, -0.1) is 15.9 Å². The Hall–Kier alpha value is -3.40. The van der Waals surface area contributed by atoms with Crippen LogP contribution in [0, 0.1) is 10.1 Å². The molecule has 1 N–H and O–H groups in total. The van der Waals surface area contributed by atoms with Crippen LogP contribution in [0.3, 0.4) is 0 Å². The highest BCUT2D eigenvalue weighted by atomic mass is 32.2. The Balaban J connectivity index is 1.91. The molecular formula is C17H12N5O4S-. The maximum absolute atomic E-state index is 11.8.